The summed E-state index contributed by atoms with van der Waals surface area (Å²) in [7, 11) is 2.08. The molecule has 0 saturated heterocycles. The molecule has 0 aliphatic carbocycles. The van der Waals surface area contributed by atoms with Crippen LogP contribution in [0.3, 0.4) is 0 Å². The molecule has 0 aliphatic rings. The minimum atomic E-state index is 0.556. The van der Waals surface area contributed by atoms with Crippen molar-refractivity contribution in [2.24, 2.45) is 0 Å². The molecule has 0 amide bonds. The maximum absolute atomic E-state index is 3.44. The van der Waals surface area contributed by atoms with E-state index in [1.54, 1.807) is 0 Å². The van der Waals surface area contributed by atoms with Crippen molar-refractivity contribution in [1.29, 1.82) is 0 Å². The Hall–Kier alpha value is 0.390. The number of rotatable bonds is 9. The van der Waals surface area contributed by atoms with E-state index in [4.69, 9.17) is 0 Å². The molecule has 0 spiro atoms. The molecule has 3 heteroatoms. The second-order valence-corrected chi connectivity index (χ2v) is 7.39. The average Bonchev–Trinajstić information content (AvgIpc) is 2.75. The van der Waals surface area contributed by atoms with E-state index in [2.05, 4.69) is 53.3 Å². The molecule has 1 aromatic rings. The molecule has 1 nitrogen and oxygen atoms in total. The first-order valence-electron chi connectivity index (χ1n) is 6.69. The molecular formula is C14H24INS. The van der Waals surface area contributed by atoms with Crippen molar-refractivity contribution in [3.8, 4) is 0 Å². The Labute approximate surface area is 124 Å². The van der Waals surface area contributed by atoms with Crippen LogP contribution in [0.15, 0.2) is 11.4 Å². The van der Waals surface area contributed by atoms with Gasteiger partial charge < -0.3 is 5.32 Å². The summed E-state index contributed by atoms with van der Waals surface area (Å²) in [5.41, 5.74) is 1.47. The molecule has 0 bridgehead atoms. The second kappa shape index (κ2) is 9.34. The van der Waals surface area contributed by atoms with Crippen molar-refractivity contribution in [2.45, 2.75) is 57.9 Å². The zero-order valence-electron chi connectivity index (χ0n) is 11.0. The number of halogens is 1. The minimum Gasteiger partial charge on any atom is -0.313 e. The fourth-order valence-corrected chi connectivity index (χ4v) is 3.54. The maximum Gasteiger partial charge on any atom is 0.0656 e. The molecule has 0 radical (unpaired) electrons. The van der Waals surface area contributed by atoms with Gasteiger partial charge in [0.2, 0.25) is 0 Å². The third kappa shape index (κ3) is 6.20. The lowest BCUT2D eigenvalue weighted by atomic mass is 10.0. The highest BCUT2D eigenvalue weighted by molar-refractivity contribution is 14.1. The third-order valence-electron chi connectivity index (χ3n) is 3.18. The van der Waals surface area contributed by atoms with E-state index in [0.29, 0.717) is 6.04 Å². The molecule has 1 atom stereocenters. The van der Waals surface area contributed by atoms with Gasteiger partial charge in [0, 0.05) is 6.04 Å². The lowest BCUT2D eigenvalue weighted by Gasteiger charge is -2.14. The van der Waals surface area contributed by atoms with Crippen LogP contribution in [0.4, 0.5) is 0 Å². The van der Waals surface area contributed by atoms with Gasteiger partial charge in [0.15, 0.2) is 0 Å². The SMILES string of the molecule is CCCCCCCCC(NC)c1csc(I)c1. The molecule has 1 unspecified atom stereocenters. The Morgan fingerprint density at radius 1 is 1.24 bits per heavy atom. The number of hydrogen-bond donors (Lipinski definition) is 1. The molecule has 0 aromatic carbocycles. The number of hydrogen-bond acceptors (Lipinski definition) is 2. The normalized spacial score (nSPS) is 12.9. The predicted octanol–water partition coefficient (Wildman–Crippen LogP) is 5.36. The highest BCUT2D eigenvalue weighted by Gasteiger charge is 2.10. The average molecular weight is 365 g/mol. The van der Waals surface area contributed by atoms with E-state index in [-0.39, 0.29) is 0 Å². The van der Waals surface area contributed by atoms with E-state index >= 15 is 0 Å². The summed E-state index contributed by atoms with van der Waals surface area (Å²) in [6.45, 7) is 2.27. The quantitative estimate of drug-likeness (QED) is 0.459. The monoisotopic (exact) mass is 365 g/mol. The Kier molecular flexibility index (Phi) is 8.48. The van der Waals surface area contributed by atoms with Crippen LogP contribution in [0.5, 0.6) is 0 Å². The number of thiophene rings is 1. The van der Waals surface area contributed by atoms with Crippen LogP contribution in [0.2, 0.25) is 0 Å². The minimum absolute atomic E-state index is 0.556. The number of nitrogens with one attached hydrogen (secondary N) is 1. The molecule has 0 aliphatic heterocycles. The van der Waals surface area contributed by atoms with Crippen LogP contribution in [0.25, 0.3) is 0 Å². The van der Waals surface area contributed by atoms with Crippen molar-refractivity contribution in [2.75, 3.05) is 7.05 Å². The van der Waals surface area contributed by atoms with Gasteiger partial charge in [-0.1, -0.05) is 45.4 Å². The van der Waals surface area contributed by atoms with Gasteiger partial charge >= 0.3 is 0 Å². The van der Waals surface area contributed by atoms with Crippen molar-refractivity contribution in [3.63, 3.8) is 0 Å². The Bertz CT molecular complexity index is 298. The molecule has 1 rings (SSSR count). The molecule has 0 saturated carbocycles. The summed E-state index contributed by atoms with van der Waals surface area (Å²) in [6.07, 6.45) is 9.57. The largest absolute Gasteiger partial charge is 0.313 e. The highest BCUT2D eigenvalue weighted by atomic mass is 127. The fraction of sp³-hybridized carbons (Fsp3) is 0.714. The predicted molar refractivity (Wildman–Crippen MR) is 86.8 cm³/mol. The fourth-order valence-electron chi connectivity index (χ4n) is 2.11. The molecule has 17 heavy (non-hydrogen) atoms. The van der Waals surface area contributed by atoms with Crippen molar-refractivity contribution >= 4 is 33.9 Å². The van der Waals surface area contributed by atoms with E-state index < -0.39 is 0 Å². The first-order chi connectivity index (χ1) is 8.27. The molecule has 0 fully saturated rings. The smallest absolute Gasteiger partial charge is 0.0656 e. The zero-order chi connectivity index (χ0) is 12.5. The Morgan fingerprint density at radius 2 is 1.94 bits per heavy atom. The van der Waals surface area contributed by atoms with Crippen molar-refractivity contribution < 1.29 is 0 Å². The first kappa shape index (κ1) is 15.4. The van der Waals surface area contributed by atoms with Gasteiger partial charge in [-0.25, -0.2) is 0 Å². The highest BCUT2D eigenvalue weighted by Crippen LogP contribution is 2.25. The maximum atomic E-state index is 3.44. The Balaban J connectivity index is 2.19. The van der Waals surface area contributed by atoms with Crippen LogP contribution in [-0.2, 0) is 0 Å². The van der Waals surface area contributed by atoms with Crippen LogP contribution < -0.4 is 5.32 Å². The Morgan fingerprint density at radius 3 is 2.53 bits per heavy atom. The lowest BCUT2D eigenvalue weighted by Crippen LogP contribution is -2.15. The van der Waals surface area contributed by atoms with E-state index in [9.17, 15) is 0 Å². The summed E-state index contributed by atoms with van der Waals surface area (Å²) in [5, 5.41) is 5.73. The topological polar surface area (TPSA) is 12.0 Å². The summed E-state index contributed by atoms with van der Waals surface area (Å²) in [6, 6.07) is 2.87. The van der Waals surface area contributed by atoms with Crippen LogP contribution in [-0.4, -0.2) is 7.05 Å². The van der Waals surface area contributed by atoms with Gasteiger partial charge in [-0.2, -0.15) is 0 Å². The molecular weight excluding hydrogens is 341 g/mol. The molecule has 1 N–H and O–H groups in total. The summed E-state index contributed by atoms with van der Waals surface area (Å²) in [5.74, 6) is 0. The summed E-state index contributed by atoms with van der Waals surface area (Å²) >= 11 is 4.25. The van der Waals surface area contributed by atoms with Gasteiger partial charge in [-0.05, 0) is 53.1 Å². The molecule has 1 aromatic heterocycles. The molecule has 98 valence electrons. The number of unbranched alkanes of at least 4 members (excludes halogenated alkanes) is 5. The second-order valence-electron chi connectivity index (χ2n) is 4.58. The van der Waals surface area contributed by atoms with E-state index in [0.717, 1.165) is 0 Å². The van der Waals surface area contributed by atoms with Crippen molar-refractivity contribution in [3.05, 3.63) is 19.9 Å². The molecule has 1 heterocycles. The van der Waals surface area contributed by atoms with E-state index in [1.807, 2.05) is 11.3 Å². The first-order valence-corrected chi connectivity index (χ1v) is 8.65. The van der Waals surface area contributed by atoms with Gasteiger partial charge in [0.1, 0.15) is 0 Å². The standard InChI is InChI=1S/C14H24INS/c1-3-4-5-6-7-8-9-13(16-2)12-10-14(15)17-11-12/h10-11,13,16H,3-9H2,1-2H3. The zero-order valence-corrected chi connectivity index (χ0v) is 13.9. The van der Waals surface area contributed by atoms with E-state index in [1.165, 1.54) is 53.4 Å². The summed E-state index contributed by atoms with van der Waals surface area (Å²) in [4.78, 5) is 0. The van der Waals surface area contributed by atoms with Gasteiger partial charge in [0.05, 0.1) is 2.88 Å². The van der Waals surface area contributed by atoms with Gasteiger partial charge in [0.25, 0.3) is 0 Å². The summed E-state index contributed by atoms with van der Waals surface area (Å²) < 4.78 is 1.39. The van der Waals surface area contributed by atoms with Crippen molar-refractivity contribution in [1.82, 2.24) is 5.32 Å². The van der Waals surface area contributed by atoms with Crippen LogP contribution in [0, 0.1) is 2.88 Å². The van der Waals surface area contributed by atoms with Gasteiger partial charge in [-0.3, -0.25) is 0 Å². The lowest BCUT2D eigenvalue weighted by molar-refractivity contribution is 0.499. The van der Waals surface area contributed by atoms with Crippen LogP contribution >= 0.6 is 33.9 Å². The van der Waals surface area contributed by atoms with Gasteiger partial charge in [-0.15, -0.1) is 11.3 Å². The van der Waals surface area contributed by atoms with Crippen LogP contribution in [0.1, 0.15) is 63.5 Å². The third-order valence-corrected chi connectivity index (χ3v) is 4.99.